The molecule has 1 nitrogen and oxygen atoms in total. The predicted molar refractivity (Wildman–Crippen MR) is 51.6 cm³/mol. The molecule has 0 aliphatic rings. The van der Waals surface area contributed by atoms with Crippen LogP contribution in [0.3, 0.4) is 0 Å². The number of nitrogens with two attached hydrogens (primary N) is 1. The average molecular weight is 250 g/mol. The highest BCUT2D eigenvalue weighted by atomic mass is 79.9. The van der Waals surface area contributed by atoms with Crippen LogP contribution in [0, 0.1) is 5.82 Å². The van der Waals surface area contributed by atoms with E-state index in [0.29, 0.717) is 10.0 Å². The van der Waals surface area contributed by atoms with E-state index in [1.54, 1.807) is 0 Å². The van der Waals surface area contributed by atoms with Crippen LogP contribution in [0.25, 0.3) is 0 Å². The van der Waals surface area contributed by atoms with E-state index < -0.39 is 6.17 Å². The fraction of sp³-hybridized carbons (Fsp3) is 0.333. The Morgan fingerprint density at radius 2 is 2.15 bits per heavy atom. The zero-order chi connectivity index (χ0) is 9.84. The second kappa shape index (κ2) is 4.67. The van der Waals surface area contributed by atoms with Crippen molar-refractivity contribution in [1.82, 2.24) is 0 Å². The van der Waals surface area contributed by atoms with Gasteiger partial charge in [0.2, 0.25) is 0 Å². The van der Waals surface area contributed by atoms with Crippen molar-refractivity contribution >= 4 is 15.9 Å². The monoisotopic (exact) mass is 249 g/mol. The number of benzene rings is 1. The van der Waals surface area contributed by atoms with Crippen molar-refractivity contribution in [2.75, 3.05) is 6.54 Å². The largest absolute Gasteiger partial charge is 0.330 e. The summed E-state index contributed by atoms with van der Waals surface area (Å²) < 4.78 is 26.4. The van der Waals surface area contributed by atoms with Crippen LogP contribution in [-0.2, 0) is 0 Å². The van der Waals surface area contributed by atoms with Gasteiger partial charge in [-0.3, -0.25) is 0 Å². The van der Waals surface area contributed by atoms with Crippen LogP contribution >= 0.6 is 15.9 Å². The highest BCUT2D eigenvalue weighted by Crippen LogP contribution is 2.28. The molecule has 0 radical (unpaired) electrons. The van der Waals surface area contributed by atoms with Gasteiger partial charge in [-0.05, 0) is 25.1 Å². The molecule has 4 heteroatoms. The molecule has 0 spiro atoms. The third-order valence-electron chi connectivity index (χ3n) is 1.72. The van der Waals surface area contributed by atoms with Gasteiger partial charge in [0.05, 0.1) is 0 Å². The lowest BCUT2D eigenvalue weighted by Crippen LogP contribution is -2.04. The summed E-state index contributed by atoms with van der Waals surface area (Å²) in [6.45, 7) is 0.283. The first-order valence-electron chi connectivity index (χ1n) is 3.94. The van der Waals surface area contributed by atoms with Gasteiger partial charge in [-0.25, -0.2) is 8.78 Å². The molecule has 1 atom stereocenters. The molecule has 0 saturated heterocycles. The summed E-state index contributed by atoms with van der Waals surface area (Å²) in [4.78, 5) is 0. The minimum Gasteiger partial charge on any atom is -0.330 e. The zero-order valence-electron chi connectivity index (χ0n) is 6.93. The molecule has 2 N–H and O–H groups in total. The third-order valence-corrected chi connectivity index (χ3v) is 2.41. The molecule has 1 aromatic carbocycles. The molecule has 1 aromatic rings. The molecule has 1 unspecified atom stereocenters. The number of halogens is 3. The maximum atomic E-state index is 13.3. The van der Waals surface area contributed by atoms with E-state index in [1.165, 1.54) is 18.2 Å². The van der Waals surface area contributed by atoms with Crippen LogP contribution in [0.15, 0.2) is 22.7 Å². The van der Waals surface area contributed by atoms with E-state index >= 15 is 0 Å². The Labute approximate surface area is 84.1 Å². The fourth-order valence-corrected chi connectivity index (χ4v) is 1.66. The van der Waals surface area contributed by atoms with E-state index in [2.05, 4.69) is 15.9 Å². The van der Waals surface area contributed by atoms with Gasteiger partial charge < -0.3 is 5.73 Å². The maximum Gasteiger partial charge on any atom is 0.127 e. The lowest BCUT2D eigenvalue weighted by Gasteiger charge is -2.08. The van der Waals surface area contributed by atoms with Gasteiger partial charge >= 0.3 is 0 Å². The molecule has 0 aliphatic heterocycles. The van der Waals surface area contributed by atoms with Crippen molar-refractivity contribution in [2.24, 2.45) is 5.73 Å². The second-order valence-corrected chi connectivity index (χ2v) is 3.57. The summed E-state index contributed by atoms with van der Waals surface area (Å²) >= 11 is 3.10. The summed E-state index contributed by atoms with van der Waals surface area (Å²) in [5, 5.41) is 0. The molecule has 0 aliphatic carbocycles. The lowest BCUT2D eigenvalue weighted by atomic mass is 10.1. The SMILES string of the molecule is NCCC(F)c1ccc(F)cc1Br. The maximum absolute atomic E-state index is 13.3. The highest BCUT2D eigenvalue weighted by molar-refractivity contribution is 9.10. The van der Waals surface area contributed by atoms with E-state index in [9.17, 15) is 8.78 Å². The molecular weight excluding hydrogens is 240 g/mol. The summed E-state index contributed by atoms with van der Waals surface area (Å²) in [5.74, 6) is -0.379. The summed E-state index contributed by atoms with van der Waals surface area (Å²) in [6.07, 6.45) is -0.871. The standard InChI is InChI=1S/C9H10BrF2N/c10-8-5-6(11)1-2-7(8)9(12)3-4-13/h1-2,5,9H,3-4,13H2. The lowest BCUT2D eigenvalue weighted by molar-refractivity contribution is 0.326. The predicted octanol–water partition coefficient (Wildman–Crippen LogP) is 2.95. The number of alkyl halides is 1. The smallest absolute Gasteiger partial charge is 0.127 e. The molecule has 0 bridgehead atoms. The number of rotatable bonds is 3. The normalized spacial score (nSPS) is 12.9. The van der Waals surface area contributed by atoms with Crippen LogP contribution in [0.4, 0.5) is 8.78 Å². The summed E-state index contributed by atoms with van der Waals surface area (Å²) in [7, 11) is 0. The van der Waals surface area contributed by atoms with E-state index in [4.69, 9.17) is 5.73 Å². The summed E-state index contributed by atoms with van der Waals surface area (Å²) in [6, 6.07) is 3.92. The van der Waals surface area contributed by atoms with Crippen molar-refractivity contribution in [3.8, 4) is 0 Å². The minimum atomic E-state index is -1.13. The van der Waals surface area contributed by atoms with Crippen LogP contribution in [0.5, 0.6) is 0 Å². The van der Waals surface area contributed by atoms with Crippen molar-refractivity contribution in [3.63, 3.8) is 0 Å². The first kappa shape index (κ1) is 10.6. The van der Waals surface area contributed by atoms with Gasteiger partial charge in [0.25, 0.3) is 0 Å². The topological polar surface area (TPSA) is 26.0 Å². The molecule has 0 amide bonds. The van der Waals surface area contributed by atoms with Crippen LogP contribution in [0.2, 0.25) is 0 Å². The Morgan fingerprint density at radius 3 is 2.69 bits per heavy atom. The molecule has 0 aromatic heterocycles. The van der Waals surface area contributed by atoms with Gasteiger partial charge in [-0.2, -0.15) is 0 Å². The molecule has 13 heavy (non-hydrogen) atoms. The van der Waals surface area contributed by atoms with E-state index in [-0.39, 0.29) is 18.8 Å². The fourth-order valence-electron chi connectivity index (χ4n) is 1.06. The van der Waals surface area contributed by atoms with Crippen molar-refractivity contribution in [1.29, 1.82) is 0 Å². The van der Waals surface area contributed by atoms with Gasteiger partial charge in [-0.15, -0.1) is 0 Å². The first-order chi connectivity index (χ1) is 6.15. The van der Waals surface area contributed by atoms with E-state index in [1.807, 2.05) is 0 Å². The molecule has 0 saturated carbocycles. The minimum absolute atomic E-state index is 0.254. The highest BCUT2D eigenvalue weighted by Gasteiger charge is 2.12. The van der Waals surface area contributed by atoms with Crippen LogP contribution in [-0.4, -0.2) is 6.54 Å². The number of hydrogen-bond acceptors (Lipinski definition) is 1. The Morgan fingerprint density at radius 1 is 1.46 bits per heavy atom. The van der Waals surface area contributed by atoms with Crippen molar-refractivity contribution in [3.05, 3.63) is 34.1 Å². The Bertz CT molecular complexity index is 291. The molecular formula is C9H10BrF2N. The van der Waals surface area contributed by atoms with Crippen LogP contribution in [0.1, 0.15) is 18.2 Å². The van der Waals surface area contributed by atoms with Gasteiger partial charge in [0, 0.05) is 10.0 Å². The van der Waals surface area contributed by atoms with Gasteiger partial charge in [0.1, 0.15) is 12.0 Å². The van der Waals surface area contributed by atoms with Crippen molar-refractivity contribution < 1.29 is 8.78 Å². The zero-order valence-corrected chi connectivity index (χ0v) is 8.52. The Balaban J connectivity index is 2.88. The van der Waals surface area contributed by atoms with Gasteiger partial charge in [-0.1, -0.05) is 22.0 Å². The third kappa shape index (κ3) is 2.74. The van der Waals surface area contributed by atoms with Gasteiger partial charge in [0.15, 0.2) is 0 Å². The van der Waals surface area contributed by atoms with Crippen LogP contribution < -0.4 is 5.73 Å². The molecule has 72 valence electrons. The first-order valence-corrected chi connectivity index (χ1v) is 4.73. The molecule has 1 rings (SSSR count). The Hall–Kier alpha value is -0.480. The quantitative estimate of drug-likeness (QED) is 0.876. The average Bonchev–Trinajstić information content (AvgIpc) is 2.04. The number of hydrogen-bond donors (Lipinski definition) is 1. The summed E-state index contributed by atoms with van der Waals surface area (Å²) in [5.41, 5.74) is 5.67. The molecule has 0 fully saturated rings. The molecule has 0 heterocycles. The second-order valence-electron chi connectivity index (χ2n) is 2.71. The van der Waals surface area contributed by atoms with E-state index in [0.717, 1.165) is 0 Å². The Kier molecular flexibility index (Phi) is 3.81. The van der Waals surface area contributed by atoms with Crippen molar-refractivity contribution in [2.45, 2.75) is 12.6 Å².